The normalized spacial score (nSPS) is 29.4. The van der Waals surface area contributed by atoms with Gasteiger partial charge in [-0.25, -0.2) is 9.98 Å². The molecule has 2 aromatic carbocycles. The molecular weight excluding hydrogens is 610 g/mol. The van der Waals surface area contributed by atoms with E-state index in [4.69, 9.17) is 27.3 Å². The largest absolute Gasteiger partial charge is 0.369 e. The SMILES string of the molecule is C[C@@H]1NC(=O)CN(C(N)=Nc2ccc3c(=O)n(CCc4ccc(Cl)cc4)c(C4CCNCC4)nc3c2)C1C1C[C@@H](C)[C@@H]2C[C@H]1C2(C)C. The number of hydrogen-bond donors (Lipinski definition) is 3. The van der Waals surface area contributed by atoms with E-state index in [1.54, 1.807) is 0 Å². The first-order valence-electron chi connectivity index (χ1n) is 17.4. The van der Waals surface area contributed by atoms with Gasteiger partial charge in [0.05, 0.1) is 22.6 Å². The summed E-state index contributed by atoms with van der Waals surface area (Å²) in [4.78, 5) is 38.9. The lowest BCUT2D eigenvalue weighted by Gasteiger charge is -2.65. The monoisotopic (exact) mass is 657 g/mol. The Morgan fingerprint density at radius 3 is 2.51 bits per heavy atom. The predicted molar refractivity (Wildman–Crippen MR) is 188 cm³/mol. The first-order chi connectivity index (χ1) is 22.5. The number of rotatable bonds is 6. The van der Waals surface area contributed by atoms with Crippen LogP contribution in [-0.4, -0.2) is 58.0 Å². The topological polar surface area (TPSA) is 118 Å². The van der Waals surface area contributed by atoms with Crippen LogP contribution in [0.1, 0.15) is 70.7 Å². The van der Waals surface area contributed by atoms with Crippen LogP contribution < -0.4 is 21.9 Å². The first kappa shape index (κ1) is 32.1. The van der Waals surface area contributed by atoms with Crippen molar-refractivity contribution in [1.29, 1.82) is 0 Å². The number of hydrogen-bond acceptors (Lipinski definition) is 5. The summed E-state index contributed by atoms with van der Waals surface area (Å²) in [5.41, 5.74) is 9.45. The highest BCUT2D eigenvalue weighted by molar-refractivity contribution is 6.30. The molecule has 1 aromatic heterocycles. The van der Waals surface area contributed by atoms with Gasteiger partial charge in [-0.1, -0.05) is 44.5 Å². The van der Waals surface area contributed by atoms with Gasteiger partial charge in [0, 0.05) is 23.5 Å². The van der Waals surface area contributed by atoms with E-state index in [1.165, 1.54) is 6.42 Å². The molecule has 3 aliphatic carbocycles. The molecule has 47 heavy (non-hydrogen) atoms. The van der Waals surface area contributed by atoms with Gasteiger partial charge in [-0.15, -0.1) is 0 Å². The van der Waals surface area contributed by atoms with E-state index in [9.17, 15) is 9.59 Å². The number of nitrogens with zero attached hydrogens (tertiary/aromatic N) is 4. The van der Waals surface area contributed by atoms with Crippen LogP contribution in [0.25, 0.3) is 10.9 Å². The number of carbonyl (C=O) groups excluding carboxylic acids is 1. The maximum Gasteiger partial charge on any atom is 0.261 e. The van der Waals surface area contributed by atoms with Crippen molar-refractivity contribution in [3.63, 3.8) is 0 Å². The predicted octanol–water partition coefficient (Wildman–Crippen LogP) is 5.21. The maximum atomic E-state index is 14.0. The van der Waals surface area contributed by atoms with E-state index in [1.807, 2.05) is 51.9 Å². The van der Waals surface area contributed by atoms with Crippen LogP contribution in [0.2, 0.25) is 5.02 Å². The molecular formula is C37H48ClN7O2. The zero-order valence-electron chi connectivity index (χ0n) is 28.0. The lowest BCUT2D eigenvalue weighted by molar-refractivity contribution is -0.159. The second kappa shape index (κ2) is 12.5. The molecule has 5 aliphatic rings. The molecule has 2 unspecified atom stereocenters. The lowest BCUT2D eigenvalue weighted by atomic mass is 9.41. The summed E-state index contributed by atoms with van der Waals surface area (Å²) >= 11 is 6.10. The van der Waals surface area contributed by atoms with Crippen LogP contribution in [-0.2, 0) is 17.8 Å². The smallest absolute Gasteiger partial charge is 0.261 e. The molecule has 250 valence electrons. The highest BCUT2D eigenvalue weighted by Crippen LogP contribution is 2.64. The van der Waals surface area contributed by atoms with Gasteiger partial charge >= 0.3 is 0 Å². The molecule has 2 saturated heterocycles. The maximum absolute atomic E-state index is 14.0. The Morgan fingerprint density at radius 1 is 1.06 bits per heavy atom. The Labute approximate surface area is 282 Å². The van der Waals surface area contributed by atoms with Gasteiger partial charge in [-0.3, -0.25) is 14.2 Å². The molecule has 1 amide bonds. The van der Waals surface area contributed by atoms with Gasteiger partial charge in [0.2, 0.25) is 5.91 Å². The Kier molecular flexibility index (Phi) is 8.58. The fraction of sp³-hybridized carbons (Fsp3) is 0.568. The summed E-state index contributed by atoms with van der Waals surface area (Å²) in [5.74, 6) is 3.76. The number of aliphatic imine (C=N–C) groups is 1. The minimum Gasteiger partial charge on any atom is -0.369 e. The Balaban J connectivity index is 1.22. The lowest BCUT2D eigenvalue weighted by Crippen LogP contribution is -2.69. The summed E-state index contributed by atoms with van der Waals surface area (Å²) in [5, 5.41) is 7.90. The van der Waals surface area contributed by atoms with E-state index in [-0.39, 0.29) is 36.0 Å². The van der Waals surface area contributed by atoms with Crippen LogP contribution in [0.15, 0.2) is 52.3 Å². The summed E-state index contributed by atoms with van der Waals surface area (Å²) < 4.78 is 1.88. The van der Waals surface area contributed by atoms with E-state index >= 15 is 0 Å². The number of piperidine rings is 1. The van der Waals surface area contributed by atoms with Crippen molar-refractivity contribution in [1.82, 2.24) is 25.1 Å². The minimum atomic E-state index is -0.0349. The standard InChI is InChI=1S/C37H48ClN7O2/c1-21-17-28(30-19-29(21)37(30,3)4)33-22(2)41-32(46)20-45(33)36(39)42-26-9-10-27-31(18-26)43-34(24-11-14-40-15-12-24)44(35(27)47)16-13-23-5-7-25(38)8-6-23/h5-10,18,21-22,24,28-30,33,40H,11-17,19-20H2,1-4H3,(H2,39,42)(H,41,46)/t21-,22+,28?,29+,30-,33?/m1/s1. The molecule has 8 rings (SSSR count). The number of guanidine groups is 1. The minimum absolute atomic E-state index is 0.0320. The van der Waals surface area contributed by atoms with Crippen LogP contribution >= 0.6 is 11.6 Å². The molecule has 5 fully saturated rings. The Hall–Kier alpha value is -3.43. The number of benzene rings is 2. The molecule has 3 saturated carbocycles. The Bertz CT molecular complexity index is 1750. The van der Waals surface area contributed by atoms with Crippen molar-refractivity contribution >= 4 is 40.1 Å². The van der Waals surface area contributed by atoms with Crippen LogP contribution in [0, 0.1) is 29.1 Å². The van der Waals surface area contributed by atoms with Crippen molar-refractivity contribution in [2.45, 2.75) is 84.3 Å². The molecule has 9 nitrogen and oxygen atoms in total. The number of fused-ring (bicyclic) bond motifs is 3. The fourth-order valence-corrected chi connectivity index (χ4v) is 9.69. The van der Waals surface area contributed by atoms with Crippen molar-refractivity contribution in [2.75, 3.05) is 19.6 Å². The average Bonchev–Trinajstić information content (AvgIpc) is 3.04. The van der Waals surface area contributed by atoms with Gasteiger partial charge < -0.3 is 21.3 Å². The quantitative estimate of drug-likeness (QED) is 0.247. The van der Waals surface area contributed by atoms with Gasteiger partial charge in [-0.05, 0) is 117 Å². The molecule has 6 atom stereocenters. The second-order valence-corrected chi connectivity index (χ2v) is 15.6. The summed E-state index contributed by atoms with van der Waals surface area (Å²) in [6.07, 6.45) is 4.95. The highest BCUT2D eigenvalue weighted by Gasteiger charge is 2.60. The summed E-state index contributed by atoms with van der Waals surface area (Å²) in [7, 11) is 0. The highest BCUT2D eigenvalue weighted by atomic mass is 35.5. The molecule has 2 aliphatic heterocycles. The van der Waals surface area contributed by atoms with Gasteiger partial charge in [0.1, 0.15) is 12.4 Å². The van der Waals surface area contributed by atoms with E-state index < -0.39 is 0 Å². The molecule has 3 heterocycles. The summed E-state index contributed by atoms with van der Waals surface area (Å²) in [6.45, 7) is 11.8. The molecule has 3 aromatic rings. The molecule has 0 spiro atoms. The van der Waals surface area contributed by atoms with Crippen molar-refractivity contribution in [3.8, 4) is 0 Å². The zero-order valence-corrected chi connectivity index (χ0v) is 28.8. The number of nitrogens with one attached hydrogen (secondary N) is 2. The van der Waals surface area contributed by atoms with Crippen molar-refractivity contribution in [3.05, 3.63) is 69.2 Å². The van der Waals surface area contributed by atoms with Crippen LogP contribution in [0.5, 0.6) is 0 Å². The van der Waals surface area contributed by atoms with E-state index in [0.29, 0.717) is 63.7 Å². The van der Waals surface area contributed by atoms with Gasteiger partial charge in [0.15, 0.2) is 5.96 Å². The zero-order chi connectivity index (χ0) is 33.0. The number of aromatic nitrogens is 2. The third kappa shape index (κ3) is 5.94. The fourth-order valence-electron chi connectivity index (χ4n) is 9.57. The molecule has 0 radical (unpaired) electrons. The number of aryl methyl sites for hydroxylation is 1. The number of amides is 1. The van der Waals surface area contributed by atoms with Gasteiger partial charge in [-0.2, -0.15) is 0 Å². The molecule has 2 bridgehead atoms. The van der Waals surface area contributed by atoms with Crippen molar-refractivity contribution in [2.24, 2.45) is 39.8 Å². The molecule has 10 heteroatoms. The first-order valence-corrected chi connectivity index (χ1v) is 17.8. The second-order valence-electron chi connectivity index (χ2n) is 15.1. The average molecular weight is 658 g/mol. The number of carbonyl (C=O) groups is 1. The number of halogens is 1. The molecule has 4 N–H and O–H groups in total. The van der Waals surface area contributed by atoms with E-state index in [0.717, 1.165) is 49.7 Å². The van der Waals surface area contributed by atoms with Crippen molar-refractivity contribution < 1.29 is 4.79 Å². The third-order valence-electron chi connectivity index (χ3n) is 12.0. The van der Waals surface area contributed by atoms with Gasteiger partial charge in [0.25, 0.3) is 5.56 Å². The van der Waals surface area contributed by atoms with E-state index in [2.05, 4.69) is 38.3 Å². The third-order valence-corrected chi connectivity index (χ3v) is 12.3. The van der Waals surface area contributed by atoms with Crippen LogP contribution in [0.4, 0.5) is 5.69 Å². The number of nitrogens with two attached hydrogens (primary N) is 1. The summed E-state index contributed by atoms with van der Waals surface area (Å²) in [6, 6.07) is 13.4. The Morgan fingerprint density at radius 2 is 1.81 bits per heavy atom. The number of piperazine rings is 1. The van der Waals surface area contributed by atoms with Crippen LogP contribution in [0.3, 0.4) is 0 Å².